The number of benzene rings is 2. The zero-order valence-corrected chi connectivity index (χ0v) is 17.4. The van der Waals surface area contributed by atoms with Crippen LogP contribution in [0.25, 0.3) is 0 Å². The van der Waals surface area contributed by atoms with Crippen LogP contribution in [0.15, 0.2) is 47.4 Å². The van der Waals surface area contributed by atoms with Crippen molar-refractivity contribution in [2.45, 2.75) is 25.3 Å². The van der Waals surface area contributed by atoms with Gasteiger partial charge in [0, 0.05) is 25.7 Å². The Morgan fingerprint density at radius 1 is 1.11 bits per heavy atom. The van der Waals surface area contributed by atoms with Crippen molar-refractivity contribution in [3.05, 3.63) is 53.6 Å². The van der Waals surface area contributed by atoms with Crippen molar-refractivity contribution >= 4 is 15.9 Å². The highest BCUT2D eigenvalue weighted by Crippen LogP contribution is 2.26. The first-order valence-electron chi connectivity index (χ1n) is 8.98. The van der Waals surface area contributed by atoms with E-state index in [1.165, 1.54) is 36.7 Å². The number of nitrogens with one attached hydrogen (secondary N) is 1. The Hall–Kier alpha value is -2.58. The largest absolute Gasteiger partial charge is 0.496 e. The van der Waals surface area contributed by atoms with Gasteiger partial charge in [0.2, 0.25) is 10.0 Å². The summed E-state index contributed by atoms with van der Waals surface area (Å²) in [6, 6.07) is 11.6. The zero-order valence-electron chi connectivity index (χ0n) is 16.6. The van der Waals surface area contributed by atoms with Crippen LogP contribution in [0.2, 0.25) is 0 Å². The summed E-state index contributed by atoms with van der Waals surface area (Å²) in [6.45, 7) is 4.71. The average molecular weight is 407 g/mol. The second kappa shape index (κ2) is 9.57. The third-order valence-electron chi connectivity index (χ3n) is 4.13. The number of carbonyl (C=O) groups is 1. The van der Waals surface area contributed by atoms with Gasteiger partial charge in [-0.1, -0.05) is 18.2 Å². The lowest BCUT2D eigenvalue weighted by molar-refractivity contribution is 0.0952. The van der Waals surface area contributed by atoms with Gasteiger partial charge in [-0.15, -0.1) is 0 Å². The van der Waals surface area contributed by atoms with E-state index in [0.29, 0.717) is 24.7 Å². The highest BCUT2D eigenvalue weighted by Gasteiger charge is 2.24. The van der Waals surface area contributed by atoms with E-state index in [9.17, 15) is 13.2 Å². The molecule has 0 saturated carbocycles. The van der Waals surface area contributed by atoms with Crippen molar-refractivity contribution in [3.8, 4) is 11.5 Å². The summed E-state index contributed by atoms with van der Waals surface area (Å²) in [5.74, 6) is 0.569. The molecule has 0 spiro atoms. The number of rotatable bonds is 9. The number of methoxy groups -OCH3 is 1. The molecule has 0 radical (unpaired) electrons. The molecular weight excluding hydrogens is 380 g/mol. The van der Waals surface area contributed by atoms with E-state index in [1.807, 2.05) is 25.1 Å². The second-order valence-corrected chi connectivity index (χ2v) is 8.07. The summed E-state index contributed by atoms with van der Waals surface area (Å²) < 4.78 is 38.1. The van der Waals surface area contributed by atoms with Crippen LogP contribution >= 0.6 is 0 Å². The first kappa shape index (κ1) is 21.7. The molecule has 2 aromatic carbocycles. The molecule has 0 aliphatic rings. The summed E-state index contributed by atoms with van der Waals surface area (Å²) in [7, 11) is -0.895. The molecule has 0 saturated heterocycles. The van der Waals surface area contributed by atoms with Gasteiger partial charge in [0.1, 0.15) is 11.5 Å². The van der Waals surface area contributed by atoms with Gasteiger partial charge < -0.3 is 14.8 Å². The lowest BCUT2D eigenvalue weighted by Gasteiger charge is -2.20. The lowest BCUT2D eigenvalue weighted by atomic mass is 10.2. The van der Waals surface area contributed by atoms with E-state index in [2.05, 4.69) is 5.32 Å². The number of ether oxygens (including phenoxy) is 2. The number of hydrogen-bond donors (Lipinski definition) is 1. The van der Waals surface area contributed by atoms with Crippen LogP contribution in [0, 0.1) is 0 Å². The number of nitrogens with zero attached hydrogens (tertiary/aromatic N) is 1. The molecule has 2 rings (SSSR count). The van der Waals surface area contributed by atoms with Crippen molar-refractivity contribution in [3.63, 3.8) is 0 Å². The monoisotopic (exact) mass is 406 g/mol. The van der Waals surface area contributed by atoms with Crippen molar-refractivity contribution in [2.75, 3.05) is 27.3 Å². The minimum Gasteiger partial charge on any atom is -0.496 e. The van der Waals surface area contributed by atoms with Crippen molar-refractivity contribution in [1.29, 1.82) is 0 Å². The first-order chi connectivity index (χ1) is 13.3. The van der Waals surface area contributed by atoms with Crippen molar-refractivity contribution in [1.82, 2.24) is 9.62 Å². The van der Waals surface area contributed by atoms with Gasteiger partial charge >= 0.3 is 0 Å². The third kappa shape index (κ3) is 4.82. The molecule has 0 aliphatic heterocycles. The molecule has 0 heterocycles. The number of carbonyl (C=O) groups excluding carboxylic acids is 1. The smallest absolute Gasteiger partial charge is 0.255 e. The molecule has 0 fully saturated rings. The summed E-state index contributed by atoms with van der Waals surface area (Å²) in [5.41, 5.74) is 0.932. The lowest BCUT2D eigenvalue weighted by Crippen LogP contribution is -2.28. The first-order valence-corrected chi connectivity index (χ1v) is 10.4. The molecule has 1 N–H and O–H groups in total. The third-order valence-corrected chi connectivity index (χ3v) is 5.93. The van der Waals surface area contributed by atoms with Crippen LogP contribution in [0.4, 0.5) is 0 Å². The molecule has 28 heavy (non-hydrogen) atoms. The van der Waals surface area contributed by atoms with E-state index in [-0.39, 0.29) is 22.9 Å². The molecule has 7 nitrogen and oxygen atoms in total. The predicted molar refractivity (Wildman–Crippen MR) is 107 cm³/mol. The summed E-state index contributed by atoms with van der Waals surface area (Å²) in [6.07, 6.45) is 0. The van der Waals surface area contributed by atoms with E-state index in [0.717, 1.165) is 5.56 Å². The standard InChI is InChI=1S/C20H26N2O5S/c1-5-21-20(23)17-13-16(11-12-19(17)26-4)28(24,25)22(3)14-15-9-7-8-10-18(15)27-6-2/h7-13H,5-6,14H2,1-4H3,(H,21,23). The molecule has 2 aromatic rings. The minimum atomic E-state index is -3.82. The maximum Gasteiger partial charge on any atom is 0.255 e. The fourth-order valence-corrected chi connectivity index (χ4v) is 3.89. The van der Waals surface area contributed by atoms with Gasteiger partial charge in [-0.05, 0) is 38.1 Å². The van der Waals surface area contributed by atoms with Crippen LogP contribution in [-0.4, -0.2) is 45.9 Å². The van der Waals surface area contributed by atoms with Gasteiger partial charge in [-0.25, -0.2) is 8.42 Å². The highest BCUT2D eigenvalue weighted by atomic mass is 32.2. The van der Waals surface area contributed by atoms with Gasteiger partial charge in [0.05, 0.1) is 24.2 Å². The number of amides is 1. The Bertz CT molecular complexity index is 928. The van der Waals surface area contributed by atoms with Gasteiger partial charge in [-0.2, -0.15) is 4.31 Å². The normalized spacial score (nSPS) is 11.3. The van der Waals surface area contributed by atoms with Gasteiger partial charge in [0.25, 0.3) is 5.91 Å². The second-order valence-electron chi connectivity index (χ2n) is 6.02. The van der Waals surface area contributed by atoms with Gasteiger partial charge in [-0.3, -0.25) is 4.79 Å². The SMILES string of the molecule is CCNC(=O)c1cc(S(=O)(=O)N(C)Cc2ccccc2OCC)ccc1OC. The Morgan fingerprint density at radius 2 is 1.82 bits per heavy atom. The minimum absolute atomic E-state index is 0.0194. The van der Waals surface area contributed by atoms with E-state index >= 15 is 0 Å². The Balaban J connectivity index is 2.36. The van der Waals surface area contributed by atoms with E-state index in [1.54, 1.807) is 13.0 Å². The number of sulfonamides is 1. The number of hydrogen-bond acceptors (Lipinski definition) is 5. The highest BCUT2D eigenvalue weighted by molar-refractivity contribution is 7.89. The molecular formula is C20H26N2O5S. The van der Waals surface area contributed by atoms with Crippen LogP contribution in [0.5, 0.6) is 11.5 Å². The Kier molecular flexibility index (Phi) is 7.42. The summed E-state index contributed by atoms with van der Waals surface area (Å²) in [4.78, 5) is 12.3. The Labute approximate surface area is 166 Å². The predicted octanol–water partition coefficient (Wildman–Crippen LogP) is 2.66. The van der Waals surface area contributed by atoms with Crippen LogP contribution in [-0.2, 0) is 16.6 Å². The van der Waals surface area contributed by atoms with E-state index in [4.69, 9.17) is 9.47 Å². The summed E-state index contributed by atoms with van der Waals surface area (Å²) in [5, 5.41) is 2.66. The molecule has 0 unspecified atom stereocenters. The van der Waals surface area contributed by atoms with Gasteiger partial charge in [0.15, 0.2) is 0 Å². The number of para-hydroxylation sites is 1. The fraction of sp³-hybridized carbons (Fsp3) is 0.350. The maximum atomic E-state index is 13.1. The van der Waals surface area contributed by atoms with Crippen molar-refractivity contribution < 1.29 is 22.7 Å². The molecule has 8 heteroatoms. The fourth-order valence-electron chi connectivity index (χ4n) is 2.72. The topological polar surface area (TPSA) is 84.9 Å². The quantitative estimate of drug-likeness (QED) is 0.692. The molecule has 0 aromatic heterocycles. The summed E-state index contributed by atoms with van der Waals surface area (Å²) >= 11 is 0. The van der Waals surface area contributed by atoms with Crippen molar-refractivity contribution in [2.24, 2.45) is 0 Å². The zero-order chi connectivity index (χ0) is 20.7. The van der Waals surface area contributed by atoms with Crippen LogP contribution < -0.4 is 14.8 Å². The Morgan fingerprint density at radius 3 is 2.46 bits per heavy atom. The molecule has 1 amide bonds. The molecule has 152 valence electrons. The van der Waals surface area contributed by atoms with E-state index < -0.39 is 10.0 Å². The molecule has 0 atom stereocenters. The molecule has 0 aliphatic carbocycles. The van der Waals surface area contributed by atoms with Crippen LogP contribution in [0.1, 0.15) is 29.8 Å². The average Bonchev–Trinajstić information content (AvgIpc) is 2.69. The molecule has 0 bridgehead atoms. The maximum absolute atomic E-state index is 13.1. The van der Waals surface area contributed by atoms with Crippen LogP contribution in [0.3, 0.4) is 0 Å².